The van der Waals surface area contributed by atoms with E-state index >= 15 is 0 Å². The molecule has 0 bridgehead atoms. The van der Waals surface area contributed by atoms with Gasteiger partial charge in [0.15, 0.2) is 0 Å². The summed E-state index contributed by atoms with van der Waals surface area (Å²) >= 11 is 2.16. The van der Waals surface area contributed by atoms with Gasteiger partial charge in [-0.1, -0.05) is 54.6 Å². The van der Waals surface area contributed by atoms with Gasteiger partial charge in [-0.2, -0.15) is 0 Å². The summed E-state index contributed by atoms with van der Waals surface area (Å²) in [6.45, 7) is 0. The van der Waals surface area contributed by atoms with Gasteiger partial charge in [-0.25, -0.2) is 4.79 Å². The number of nitrogens with one attached hydrogen (secondary N) is 1. The van der Waals surface area contributed by atoms with Crippen LogP contribution in [0.3, 0.4) is 0 Å². The fraction of sp³-hybridized carbons (Fsp3) is 0.0476. The number of hydrogen-bond acceptors (Lipinski definition) is 2. The number of halogens is 2. The molecular formula is C21H19BrIN2O2P. The zero-order valence-electron chi connectivity index (χ0n) is 14.8. The predicted octanol–water partition coefficient (Wildman–Crippen LogP) is -0.0595. The molecule has 3 rings (SSSR count). The lowest BCUT2D eigenvalue weighted by molar-refractivity contribution is -0.117. The second kappa shape index (κ2) is 10.1. The van der Waals surface area contributed by atoms with E-state index in [2.05, 4.69) is 64.3 Å². The lowest BCUT2D eigenvalue weighted by Gasteiger charge is -2.30. The average molecular weight is 569 g/mol. The molecule has 144 valence electrons. The van der Waals surface area contributed by atoms with Crippen LogP contribution in [0.25, 0.3) is 0 Å². The number of hydrogen-bond donors (Lipinski definition) is 2. The van der Waals surface area contributed by atoms with E-state index in [1.807, 2.05) is 54.6 Å². The van der Waals surface area contributed by atoms with Gasteiger partial charge in [-0.15, -0.1) is 0 Å². The number of alkyl halides is 1. The minimum absolute atomic E-state index is 0. The SMILES string of the molecule is NC(=O)NC(=O)C(I)[P+](c1ccccc1)(c1ccccc1)c1ccccc1.[Br-]. The van der Waals surface area contributed by atoms with Crippen molar-refractivity contribution in [3.63, 3.8) is 0 Å². The summed E-state index contributed by atoms with van der Waals surface area (Å²) in [4.78, 5) is 24.3. The normalized spacial score (nSPS) is 11.8. The van der Waals surface area contributed by atoms with Gasteiger partial charge in [0.05, 0.1) is 0 Å². The monoisotopic (exact) mass is 568 g/mol. The molecule has 1 atom stereocenters. The summed E-state index contributed by atoms with van der Waals surface area (Å²) in [6.07, 6.45) is 0. The maximum atomic E-state index is 12.9. The molecule has 3 N–H and O–H groups in total. The first-order valence-electron chi connectivity index (χ1n) is 8.36. The average Bonchev–Trinajstić information content (AvgIpc) is 2.70. The molecule has 3 aromatic rings. The third-order valence-electron chi connectivity index (χ3n) is 4.29. The number of rotatable bonds is 5. The highest BCUT2D eigenvalue weighted by Crippen LogP contribution is 2.62. The van der Waals surface area contributed by atoms with Crippen LogP contribution in [0.5, 0.6) is 0 Å². The fourth-order valence-corrected chi connectivity index (χ4v) is 10.3. The first-order chi connectivity index (χ1) is 13.1. The molecule has 4 nitrogen and oxygen atoms in total. The van der Waals surface area contributed by atoms with E-state index in [0.717, 1.165) is 15.9 Å². The maximum Gasteiger partial charge on any atom is 0.318 e. The molecule has 28 heavy (non-hydrogen) atoms. The van der Waals surface area contributed by atoms with Gasteiger partial charge in [-0.3, -0.25) is 10.1 Å². The van der Waals surface area contributed by atoms with Gasteiger partial charge in [-0.05, 0) is 59.0 Å². The summed E-state index contributed by atoms with van der Waals surface area (Å²) in [6, 6.07) is 29.2. The third-order valence-corrected chi connectivity index (χ3v) is 11.6. The van der Waals surface area contributed by atoms with E-state index in [9.17, 15) is 9.59 Å². The van der Waals surface area contributed by atoms with Crippen molar-refractivity contribution in [1.29, 1.82) is 0 Å². The summed E-state index contributed by atoms with van der Waals surface area (Å²) in [7, 11) is -2.39. The minimum Gasteiger partial charge on any atom is -1.00 e. The van der Waals surface area contributed by atoms with Crippen LogP contribution in [0, 0.1) is 0 Å². The second-order valence-corrected chi connectivity index (χ2v) is 11.7. The summed E-state index contributed by atoms with van der Waals surface area (Å²) < 4.78 is -0.505. The van der Waals surface area contributed by atoms with Gasteiger partial charge in [0.25, 0.3) is 5.91 Å². The van der Waals surface area contributed by atoms with E-state index in [1.54, 1.807) is 0 Å². The van der Waals surface area contributed by atoms with Gasteiger partial charge < -0.3 is 22.7 Å². The summed E-state index contributed by atoms with van der Waals surface area (Å²) in [5.41, 5.74) is 5.23. The van der Waals surface area contributed by atoms with Crippen molar-refractivity contribution in [3.8, 4) is 0 Å². The van der Waals surface area contributed by atoms with Gasteiger partial charge in [0.2, 0.25) is 3.67 Å². The van der Waals surface area contributed by atoms with E-state index in [1.165, 1.54) is 0 Å². The number of urea groups is 1. The fourth-order valence-electron chi connectivity index (χ4n) is 3.19. The first-order valence-corrected chi connectivity index (χ1v) is 11.5. The Balaban J connectivity index is 0.00000280. The number of imide groups is 1. The Morgan fingerprint density at radius 3 is 1.36 bits per heavy atom. The van der Waals surface area contributed by atoms with Gasteiger partial charge in [0, 0.05) is 0 Å². The van der Waals surface area contributed by atoms with Crippen LogP contribution in [0.1, 0.15) is 0 Å². The van der Waals surface area contributed by atoms with Gasteiger partial charge >= 0.3 is 6.03 Å². The van der Waals surface area contributed by atoms with Crippen molar-refractivity contribution in [2.45, 2.75) is 3.67 Å². The molecule has 0 aliphatic rings. The van der Waals surface area contributed by atoms with Crippen LogP contribution in [-0.4, -0.2) is 15.6 Å². The molecule has 0 fully saturated rings. The number of carbonyl (C=O) groups excluding carboxylic acids is 2. The molecule has 0 aliphatic carbocycles. The van der Waals surface area contributed by atoms with Crippen molar-refractivity contribution >= 4 is 57.7 Å². The van der Waals surface area contributed by atoms with E-state index in [4.69, 9.17) is 5.73 Å². The number of nitrogens with two attached hydrogens (primary N) is 1. The Bertz CT molecular complexity index is 830. The van der Waals surface area contributed by atoms with E-state index in [-0.39, 0.29) is 22.9 Å². The van der Waals surface area contributed by atoms with Crippen LogP contribution in [0.2, 0.25) is 0 Å². The smallest absolute Gasteiger partial charge is 0.318 e. The van der Waals surface area contributed by atoms with Crippen LogP contribution in [0.4, 0.5) is 4.79 Å². The zero-order chi connectivity index (χ0) is 19.3. The van der Waals surface area contributed by atoms with Crippen molar-refractivity contribution in [3.05, 3.63) is 91.0 Å². The van der Waals surface area contributed by atoms with Crippen molar-refractivity contribution in [2.24, 2.45) is 5.73 Å². The van der Waals surface area contributed by atoms with Crippen LogP contribution >= 0.6 is 29.9 Å². The second-order valence-electron chi connectivity index (χ2n) is 5.92. The van der Waals surface area contributed by atoms with Crippen LogP contribution in [0.15, 0.2) is 91.0 Å². The lowest BCUT2D eigenvalue weighted by Crippen LogP contribution is -3.00. The molecular weight excluding hydrogens is 550 g/mol. The molecule has 0 aromatic heterocycles. The third kappa shape index (κ3) is 4.45. The van der Waals surface area contributed by atoms with Crippen LogP contribution in [-0.2, 0) is 4.79 Å². The Kier molecular flexibility index (Phi) is 8.16. The Morgan fingerprint density at radius 1 is 0.750 bits per heavy atom. The highest BCUT2D eigenvalue weighted by Gasteiger charge is 2.54. The molecule has 0 spiro atoms. The molecule has 3 aromatic carbocycles. The molecule has 0 heterocycles. The Labute approximate surface area is 189 Å². The number of amides is 3. The molecule has 7 heteroatoms. The summed E-state index contributed by atoms with van der Waals surface area (Å²) in [5.74, 6) is -0.381. The van der Waals surface area contributed by atoms with Crippen LogP contribution < -0.4 is 43.9 Å². The van der Waals surface area contributed by atoms with E-state index < -0.39 is 17.0 Å². The maximum absolute atomic E-state index is 12.9. The van der Waals surface area contributed by atoms with Crippen molar-refractivity contribution in [2.75, 3.05) is 0 Å². The first kappa shape index (κ1) is 22.5. The molecule has 1 unspecified atom stereocenters. The number of carbonyl (C=O) groups is 2. The van der Waals surface area contributed by atoms with Crippen molar-refractivity contribution < 1.29 is 26.6 Å². The summed E-state index contributed by atoms with van der Waals surface area (Å²) in [5, 5.41) is 5.49. The topological polar surface area (TPSA) is 72.2 Å². The van der Waals surface area contributed by atoms with Crippen molar-refractivity contribution in [1.82, 2.24) is 5.32 Å². The zero-order valence-corrected chi connectivity index (χ0v) is 19.5. The van der Waals surface area contributed by atoms with Gasteiger partial charge in [0.1, 0.15) is 23.2 Å². The molecule has 0 saturated carbocycles. The Hall–Kier alpha value is -1.76. The predicted molar refractivity (Wildman–Crippen MR) is 121 cm³/mol. The number of primary amides is 1. The lowest BCUT2D eigenvalue weighted by atomic mass is 10.4. The number of benzene rings is 3. The standard InChI is InChI=1S/C21H18IN2O2P.BrH/c22-19(20(25)24-21(23)26)27(16-10-4-1-5-11-16,17-12-6-2-7-13-17)18-14-8-3-9-15-18;/h1-15,19H,(H2-,23,24,25,26);1H. The molecule has 0 saturated heterocycles. The quantitative estimate of drug-likeness (QED) is 0.257. The molecule has 0 aliphatic heterocycles. The molecule has 0 radical (unpaired) electrons. The minimum atomic E-state index is -2.39. The largest absolute Gasteiger partial charge is 1.00 e. The van der Waals surface area contributed by atoms with E-state index in [0.29, 0.717) is 0 Å². The highest BCUT2D eigenvalue weighted by atomic mass is 127. The molecule has 3 amide bonds. The highest BCUT2D eigenvalue weighted by molar-refractivity contribution is 14.1. The Morgan fingerprint density at radius 2 is 1.07 bits per heavy atom.